The number of hydrogen-bond donors (Lipinski definition) is 1. The van der Waals surface area contributed by atoms with E-state index in [4.69, 9.17) is 0 Å². The lowest BCUT2D eigenvalue weighted by Gasteiger charge is -2.31. The standard InChI is InChI=1S/C45H35N/c1-2-34(19-12-18-31-17-11-16-30-13-5-6-20-36(30)31)46-35-25-26-39-37-21-7-9-23-41(37)45(44(39)29-35)42-24-10-8-22-38(42)40-27-32-14-3-4-15-33(32)28-43(40)45/h2-4,7-12,14-19,21-29,46H,1,5-6,13,20H2/b18-12?,34-19+. The molecule has 0 fully saturated rings. The highest BCUT2D eigenvalue weighted by molar-refractivity contribution is 6.00. The molecule has 3 aliphatic carbocycles. The fourth-order valence-corrected chi connectivity index (χ4v) is 8.45. The van der Waals surface area contributed by atoms with Crippen LogP contribution in [0.4, 0.5) is 5.69 Å². The van der Waals surface area contributed by atoms with Gasteiger partial charge in [-0.2, -0.15) is 0 Å². The average molecular weight is 590 g/mol. The number of anilines is 1. The molecule has 0 radical (unpaired) electrons. The molecule has 1 heteroatoms. The van der Waals surface area contributed by atoms with E-state index in [0.717, 1.165) is 11.4 Å². The van der Waals surface area contributed by atoms with Gasteiger partial charge in [0.2, 0.25) is 0 Å². The van der Waals surface area contributed by atoms with E-state index in [1.54, 1.807) is 0 Å². The van der Waals surface area contributed by atoms with Crippen LogP contribution in [-0.4, -0.2) is 0 Å². The van der Waals surface area contributed by atoms with Crippen molar-refractivity contribution in [2.75, 3.05) is 5.32 Å². The molecule has 46 heavy (non-hydrogen) atoms. The van der Waals surface area contributed by atoms with Gasteiger partial charge < -0.3 is 5.32 Å². The first-order valence-electron chi connectivity index (χ1n) is 16.5. The molecule has 0 aromatic heterocycles. The third-order valence-electron chi connectivity index (χ3n) is 10.4. The molecule has 0 bridgehead atoms. The number of aryl methyl sites for hydroxylation is 1. The Labute approximate surface area is 271 Å². The Balaban J connectivity index is 1.17. The highest BCUT2D eigenvalue weighted by Gasteiger charge is 2.51. The maximum Gasteiger partial charge on any atom is 0.0726 e. The van der Waals surface area contributed by atoms with Gasteiger partial charge in [-0.05, 0) is 134 Å². The number of rotatable bonds is 5. The summed E-state index contributed by atoms with van der Waals surface area (Å²) in [6, 6.07) is 45.2. The number of nitrogens with one attached hydrogen (secondary N) is 1. The molecule has 6 aromatic rings. The van der Waals surface area contributed by atoms with Crippen molar-refractivity contribution in [3.05, 3.63) is 191 Å². The van der Waals surface area contributed by atoms with Crippen LogP contribution in [0, 0.1) is 0 Å². The van der Waals surface area contributed by atoms with E-state index in [-0.39, 0.29) is 5.41 Å². The van der Waals surface area contributed by atoms with Gasteiger partial charge in [0.15, 0.2) is 0 Å². The van der Waals surface area contributed by atoms with E-state index in [0.29, 0.717) is 0 Å². The van der Waals surface area contributed by atoms with Crippen molar-refractivity contribution in [1.82, 2.24) is 0 Å². The minimum atomic E-state index is -0.385. The van der Waals surface area contributed by atoms with E-state index in [1.807, 2.05) is 6.08 Å². The SMILES string of the molecule is C=C/C(=C\C=Cc1cccc2c1CCCC2)Nc1ccc2c(c1)C1(c3ccccc3-2)c2ccccc2-c2cc3ccccc3cc21. The van der Waals surface area contributed by atoms with E-state index in [9.17, 15) is 0 Å². The number of benzene rings is 6. The predicted octanol–water partition coefficient (Wildman–Crippen LogP) is 11.3. The summed E-state index contributed by atoms with van der Waals surface area (Å²) in [5.41, 5.74) is 16.7. The van der Waals surface area contributed by atoms with Crippen LogP contribution < -0.4 is 5.32 Å². The Morgan fingerprint density at radius 3 is 2.09 bits per heavy atom. The molecule has 0 amide bonds. The molecule has 1 N–H and O–H groups in total. The molecule has 0 saturated carbocycles. The van der Waals surface area contributed by atoms with Crippen molar-refractivity contribution in [2.45, 2.75) is 31.1 Å². The number of fused-ring (bicyclic) bond motifs is 12. The summed E-state index contributed by atoms with van der Waals surface area (Å²) in [5.74, 6) is 0. The van der Waals surface area contributed by atoms with Gasteiger partial charge in [0.25, 0.3) is 0 Å². The zero-order valence-electron chi connectivity index (χ0n) is 25.9. The van der Waals surface area contributed by atoms with Gasteiger partial charge in [-0.3, -0.25) is 0 Å². The van der Waals surface area contributed by atoms with Crippen LogP contribution in [0.25, 0.3) is 39.1 Å². The van der Waals surface area contributed by atoms with Gasteiger partial charge in [0.05, 0.1) is 5.41 Å². The highest BCUT2D eigenvalue weighted by atomic mass is 14.9. The zero-order valence-corrected chi connectivity index (χ0v) is 25.9. The molecule has 9 rings (SSSR count). The molecule has 0 aliphatic heterocycles. The first kappa shape index (κ1) is 27.0. The zero-order chi connectivity index (χ0) is 30.7. The summed E-state index contributed by atoms with van der Waals surface area (Å²) in [7, 11) is 0. The molecule has 1 unspecified atom stereocenters. The van der Waals surface area contributed by atoms with Gasteiger partial charge in [-0.1, -0.05) is 116 Å². The van der Waals surface area contributed by atoms with Crippen molar-refractivity contribution in [2.24, 2.45) is 0 Å². The molecule has 220 valence electrons. The van der Waals surface area contributed by atoms with Gasteiger partial charge in [0.1, 0.15) is 0 Å². The third-order valence-corrected chi connectivity index (χ3v) is 10.4. The smallest absolute Gasteiger partial charge is 0.0726 e. The lowest BCUT2D eigenvalue weighted by molar-refractivity contribution is 0.684. The fraction of sp³-hybridized carbons (Fsp3) is 0.111. The highest BCUT2D eigenvalue weighted by Crippen LogP contribution is 2.63. The van der Waals surface area contributed by atoms with Crippen molar-refractivity contribution in [3.63, 3.8) is 0 Å². The van der Waals surface area contributed by atoms with Gasteiger partial charge >= 0.3 is 0 Å². The maximum atomic E-state index is 4.15. The van der Waals surface area contributed by atoms with Crippen LogP contribution in [0.5, 0.6) is 0 Å². The van der Waals surface area contributed by atoms with Crippen molar-refractivity contribution >= 4 is 22.5 Å². The molecule has 1 nitrogen and oxygen atoms in total. The van der Waals surface area contributed by atoms with Crippen LogP contribution in [0.15, 0.2) is 152 Å². The summed E-state index contributed by atoms with van der Waals surface area (Å²) < 4.78 is 0. The summed E-state index contributed by atoms with van der Waals surface area (Å²) in [6.07, 6.45) is 13.4. The van der Waals surface area contributed by atoms with Crippen molar-refractivity contribution in [3.8, 4) is 22.3 Å². The second-order valence-electron chi connectivity index (χ2n) is 12.8. The molecule has 0 saturated heterocycles. The quantitative estimate of drug-likeness (QED) is 0.197. The van der Waals surface area contributed by atoms with Crippen molar-refractivity contribution < 1.29 is 0 Å². The molecule has 6 aromatic carbocycles. The van der Waals surface area contributed by atoms with Crippen LogP contribution in [-0.2, 0) is 18.3 Å². The Morgan fingerprint density at radius 1 is 0.609 bits per heavy atom. The number of allylic oxidation sites excluding steroid dienone is 3. The topological polar surface area (TPSA) is 12.0 Å². The lowest BCUT2D eigenvalue weighted by Crippen LogP contribution is -2.26. The normalized spacial score (nSPS) is 17.4. The molecule has 0 heterocycles. The summed E-state index contributed by atoms with van der Waals surface area (Å²) in [6.45, 7) is 4.15. The molecule has 1 spiro atoms. The van der Waals surface area contributed by atoms with E-state index in [2.05, 4.69) is 151 Å². The molecule has 1 atom stereocenters. The Kier molecular flexibility index (Phi) is 6.21. The van der Waals surface area contributed by atoms with Crippen LogP contribution in [0.1, 0.15) is 51.8 Å². The largest absolute Gasteiger partial charge is 0.356 e. The third kappa shape index (κ3) is 3.95. The minimum Gasteiger partial charge on any atom is -0.356 e. The Hall–Kier alpha value is -5.40. The first-order valence-corrected chi connectivity index (χ1v) is 16.5. The Morgan fingerprint density at radius 2 is 1.28 bits per heavy atom. The second-order valence-corrected chi connectivity index (χ2v) is 12.8. The fourth-order valence-electron chi connectivity index (χ4n) is 8.45. The molecule has 3 aliphatic rings. The number of hydrogen-bond acceptors (Lipinski definition) is 1. The first-order chi connectivity index (χ1) is 22.8. The van der Waals surface area contributed by atoms with E-state index >= 15 is 0 Å². The summed E-state index contributed by atoms with van der Waals surface area (Å²) in [4.78, 5) is 0. The van der Waals surface area contributed by atoms with Gasteiger partial charge in [0, 0.05) is 11.4 Å². The monoisotopic (exact) mass is 589 g/mol. The summed E-state index contributed by atoms with van der Waals surface area (Å²) in [5, 5.41) is 6.26. The predicted molar refractivity (Wildman–Crippen MR) is 194 cm³/mol. The Bertz CT molecular complexity index is 2260. The minimum absolute atomic E-state index is 0.385. The van der Waals surface area contributed by atoms with Crippen LogP contribution >= 0.6 is 0 Å². The lowest BCUT2D eigenvalue weighted by atomic mass is 9.70. The summed E-state index contributed by atoms with van der Waals surface area (Å²) >= 11 is 0. The van der Waals surface area contributed by atoms with Crippen LogP contribution in [0.3, 0.4) is 0 Å². The second kappa shape index (κ2) is 10.6. The van der Waals surface area contributed by atoms with E-state index < -0.39 is 0 Å². The van der Waals surface area contributed by atoms with Gasteiger partial charge in [-0.15, -0.1) is 0 Å². The maximum absolute atomic E-state index is 4.15. The average Bonchev–Trinajstić information content (AvgIpc) is 3.56. The van der Waals surface area contributed by atoms with Crippen molar-refractivity contribution in [1.29, 1.82) is 0 Å². The molecular formula is C45H35N. The van der Waals surface area contributed by atoms with Gasteiger partial charge in [-0.25, -0.2) is 0 Å². The van der Waals surface area contributed by atoms with Crippen LogP contribution in [0.2, 0.25) is 0 Å². The van der Waals surface area contributed by atoms with E-state index in [1.165, 1.54) is 97.7 Å². The molecular weight excluding hydrogens is 555 g/mol.